The number of methoxy groups -OCH3 is 1. The number of anilines is 2. The lowest BCUT2D eigenvalue weighted by Crippen LogP contribution is -2.28. The van der Waals surface area contributed by atoms with E-state index < -0.39 is 15.9 Å². The monoisotopic (exact) mass is 436 g/mol. The fourth-order valence-corrected chi connectivity index (χ4v) is 4.68. The topological polar surface area (TPSA) is 75.7 Å². The highest BCUT2D eigenvalue weighted by Gasteiger charge is 2.26. The van der Waals surface area contributed by atoms with E-state index in [9.17, 15) is 13.2 Å². The molecular weight excluding hydrogens is 420 g/mol. The first-order valence-electron chi connectivity index (χ1n) is 8.10. The van der Waals surface area contributed by atoms with Gasteiger partial charge in [-0.05, 0) is 60.0 Å². The average molecular weight is 437 g/mol. The summed E-state index contributed by atoms with van der Waals surface area (Å²) in [5.74, 6) is 0.275. The lowest BCUT2D eigenvalue weighted by atomic mass is 10.3. The summed E-state index contributed by atoms with van der Waals surface area (Å²) in [5.41, 5.74) is 0.874. The van der Waals surface area contributed by atoms with Crippen molar-refractivity contribution in [3.05, 3.63) is 69.9 Å². The maximum absolute atomic E-state index is 12.9. The second kappa shape index (κ2) is 8.22. The molecule has 3 aromatic rings. The Morgan fingerprint density at radius 2 is 1.71 bits per heavy atom. The number of hydrogen-bond acceptors (Lipinski definition) is 5. The molecule has 0 spiro atoms. The van der Waals surface area contributed by atoms with E-state index in [1.165, 1.54) is 31.3 Å². The zero-order valence-electron chi connectivity index (χ0n) is 15.0. The van der Waals surface area contributed by atoms with Crippen LogP contribution in [0.5, 0.6) is 5.75 Å². The van der Waals surface area contributed by atoms with Gasteiger partial charge in [0.05, 0.1) is 17.7 Å². The molecule has 28 heavy (non-hydrogen) atoms. The molecule has 0 aliphatic carbocycles. The number of thiophene rings is 1. The largest absolute Gasteiger partial charge is 0.497 e. The third-order valence-corrected chi connectivity index (χ3v) is 6.95. The second-order valence-corrected chi connectivity index (χ2v) is 9.07. The van der Waals surface area contributed by atoms with E-state index in [1.54, 1.807) is 42.8 Å². The molecule has 1 amide bonds. The maximum atomic E-state index is 12.9. The van der Waals surface area contributed by atoms with E-state index in [0.717, 1.165) is 15.6 Å². The molecule has 0 aliphatic rings. The molecule has 146 valence electrons. The van der Waals surface area contributed by atoms with Crippen molar-refractivity contribution in [1.29, 1.82) is 0 Å². The van der Waals surface area contributed by atoms with E-state index in [0.29, 0.717) is 22.1 Å². The van der Waals surface area contributed by atoms with Crippen molar-refractivity contribution < 1.29 is 17.9 Å². The smallest absolute Gasteiger partial charge is 0.267 e. The molecule has 0 bridgehead atoms. The van der Waals surface area contributed by atoms with Crippen molar-refractivity contribution in [2.24, 2.45) is 0 Å². The van der Waals surface area contributed by atoms with Gasteiger partial charge in [-0.2, -0.15) is 0 Å². The standard InChI is InChI=1S/C19H17ClN2O4S2/c1-22(28(24,25)16-9-3-13(20)4-10-16)17-11-12-27-18(17)19(23)21-14-5-7-15(26-2)8-6-14/h3-12H,1-2H3,(H,21,23). The summed E-state index contributed by atoms with van der Waals surface area (Å²) in [4.78, 5) is 13.1. The number of ether oxygens (including phenoxy) is 1. The number of carbonyl (C=O) groups excluding carboxylic acids is 1. The van der Waals surface area contributed by atoms with Crippen molar-refractivity contribution in [3.8, 4) is 5.75 Å². The zero-order valence-corrected chi connectivity index (χ0v) is 17.4. The Balaban J connectivity index is 1.85. The zero-order chi connectivity index (χ0) is 20.3. The molecule has 1 heterocycles. The molecule has 0 saturated carbocycles. The fourth-order valence-electron chi connectivity index (χ4n) is 2.48. The van der Waals surface area contributed by atoms with E-state index >= 15 is 0 Å². The normalized spacial score (nSPS) is 11.1. The number of amides is 1. The highest BCUT2D eigenvalue weighted by atomic mass is 35.5. The number of sulfonamides is 1. The number of nitrogens with zero attached hydrogens (tertiary/aromatic N) is 1. The van der Waals surface area contributed by atoms with Gasteiger partial charge in [0.15, 0.2) is 0 Å². The molecule has 0 unspecified atom stereocenters. The van der Waals surface area contributed by atoms with Gasteiger partial charge in [0.2, 0.25) is 0 Å². The van der Waals surface area contributed by atoms with E-state index in [4.69, 9.17) is 16.3 Å². The Morgan fingerprint density at radius 3 is 2.32 bits per heavy atom. The first-order chi connectivity index (χ1) is 13.3. The van der Waals surface area contributed by atoms with Crippen LogP contribution in [0.2, 0.25) is 5.02 Å². The summed E-state index contributed by atoms with van der Waals surface area (Å²) in [6.45, 7) is 0. The average Bonchev–Trinajstić information content (AvgIpc) is 3.18. The summed E-state index contributed by atoms with van der Waals surface area (Å²) >= 11 is 7.00. The van der Waals surface area contributed by atoms with Crippen LogP contribution in [0.4, 0.5) is 11.4 Å². The van der Waals surface area contributed by atoms with Crippen molar-refractivity contribution in [2.75, 3.05) is 23.8 Å². The molecule has 1 aromatic heterocycles. The molecule has 2 aromatic carbocycles. The predicted octanol–water partition coefficient (Wildman–Crippen LogP) is 4.49. The van der Waals surface area contributed by atoms with Crippen LogP contribution >= 0.6 is 22.9 Å². The fraction of sp³-hybridized carbons (Fsp3) is 0.105. The summed E-state index contributed by atoms with van der Waals surface area (Å²) in [5, 5.41) is 4.88. The highest BCUT2D eigenvalue weighted by Crippen LogP contribution is 2.31. The minimum Gasteiger partial charge on any atom is -0.497 e. The van der Waals surface area contributed by atoms with Crippen LogP contribution in [0.1, 0.15) is 9.67 Å². The van der Waals surface area contributed by atoms with Crippen molar-refractivity contribution in [3.63, 3.8) is 0 Å². The van der Waals surface area contributed by atoms with Gasteiger partial charge in [-0.15, -0.1) is 11.3 Å². The lowest BCUT2D eigenvalue weighted by molar-refractivity contribution is 0.103. The number of benzene rings is 2. The summed E-state index contributed by atoms with van der Waals surface area (Å²) < 4.78 is 32.0. The minimum atomic E-state index is -3.83. The van der Waals surface area contributed by atoms with Crippen molar-refractivity contribution >= 4 is 50.2 Å². The van der Waals surface area contributed by atoms with Crippen LogP contribution in [0, 0.1) is 0 Å². The van der Waals surface area contributed by atoms with Gasteiger partial charge < -0.3 is 10.1 Å². The van der Waals surface area contributed by atoms with Crippen LogP contribution in [0.3, 0.4) is 0 Å². The number of hydrogen-bond donors (Lipinski definition) is 1. The molecule has 0 aliphatic heterocycles. The van der Waals surface area contributed by atoms with Crippen LogP contribution in [-0.4, -0.2) is 28.5 Å². The first-order valence-corrected chi connectivity index (χ1v) is 10.8. The maximum Gasteiger partial charge on any atom is 0.267 e. The third-order valence-electron chi connectivity index (χ3n) is 4.01. The van der Waals surface area contributed by atoms with Gasteiger partial charge in [-0.3, -0.25) is 9.10 Å². The Kier molecular flexibility index (Phi) is 5.93. The Labute approximate surface area is 172 Å². The summed E-state index contributed by atoms with van der Waals surface area (Å²) in [7, 11) is -0.861. The van der Waals surface area contributed by atoms with E-state index in [-0.39, 0.29) is 9.77 Å². The predicted molar refractivity (Wildman–Crippen MR) is 112 cm³/mol. The second-order valence-electron chi connectivity index (χ2n) is 5.74. The summed E-state index contributed by atoms with van der Waals surface area (Å²) in [6, 6.07) is 14.3. The van der Waals surface area contributed by atoms with Gasteiger partial charge in [0, 0.05) is 17.8 Å². The van der Waals surface area contributed by atoms with Gasteiger partial charge in [-0.1, -0.05) is 11.6 Å². The number of carbonyl (C=O) groups is 1. The molecule has 3 rings (SSSR count). The van der Waals surface area contributed by atoms with Gasteiger partial charge in [-0.25, -0.2) is 8.42 Å². The summed E-state index contributed by atoms with van der Waals surface area (Å²) in [6.07, 6.45) is 0. The Morgan fingerprint density at radius 1 is 1.07 bits per heavy atom. The van der Waals surface area contributed by atoms with Gasteiger partial charge >= 0.3 is 0 Å². The molecular formula is C19H17ClN2O4S2. The number of rotatable bonds is 6. The molecule has 0 atom stereocenters. The van der Waals surface area contributed by atoms with Crippen LogP contribution < -0.4 is 14.4 Å². The van der Waals surface area contributed by atoms with E-state index in [1.807, 2.05) is 0 Å². The third kappa shape index (κ3) is 4.14. The van der Waals surface area contributed by atoms with Gasteiger partial charge in [0.25, 0.3) is 15.9 Å². The molecule has 1 N–H and O–H groups in total. The minimum absolute atomic E-state index is 0.0899. The Bertz CT molecular complexity index is 1080. The van der Waals surface area contributed by atoms with Crippen LogP contribution in [0.15, 0.2) is 64.9 Å². The quantitative estimate of drug-likeness (QED) is 0.617. The molecule has 9 heteroatoms. The highest BCUT2D eigenvalue weighted by molar-refractivity contribution is 7.92. The van der Waals surface area contributed by atoms with Crippen LogP contribution in [-0.2, 0) is 10.0 Å². The van der Waals surface area contributed by atoms with Gasteiger partial charge in [0.1, 0.15) is 10.6 Å². The first kappa shape index (κ1) is 20.2. The number of nitrogens with one attached hydrogen (secondary N) is 1. The number of halogens is 1. The van der Waals surface area contributed by atoms with Crippen molar-refractivity contribution in [2.45, 2.75) is 4.90 Å². The Hall–Kier alpha value is -2.55. The molecule has 0 saturated heterocycles. The molecule has 0 radical (unpaired) electrons. The molecule has 6 nitrogen and oxygen atoms in total. The lowest BCUT2D eigenvalue weighted by Gasteiger charge is -2.20. The van der Waals surface area contributed by atoms with E-state index in [2.05, 4.69) is 5.32 Å². The molecule has 0 fully saturated rings. The van der Waals surface area contributed by atoms with Crippen LogP contribution in [0.25, 0.3) is 0 Å². The SMILES string of the molecule is COc1ccc(NC(=O)c2sccc2N(C)S(=O)(=O)c2ccc(Cl)cc2)cc1. The van der Waals surface area contributed by atoms with Crippen molar-refractivity contribution in [1.82, 2.24) is 0 Å².